The Morgan fingerprint density at radius 1 is 1.15 bits per heavy atom. The lowest BCUT2D eigenvalue weighted by Crippen LogP contribution is -2.38. The number of methoxy groups -OCH3 is 1. The van der Waals surface area contributed by atoms with E-state index in [0.29, 0.717) is 10.4 Å². The zero-order valence-corrected chi connectivity index (χ0v) is 20.0. The summed E-state index contributed by atoms with van der Waals surface area (Å²) in [6.45, 7) is 0.255. The Kier molecular flexibility index (Phi) is 6.55. The molecule has 0 spiro atoms. The fourth-order valence-corrected chi connectivity index (χ4v) is 5.59. The lowest BCUT2D eigenvalue weighted by Gasteiger charge is -2.33. The monoisotopic (exact) mass is 484 g/mol. The summed E-state index contributed by atoms with van der Waals surface area (Å²) in [4.78, 5) is 31.7. The third-order valence-electron chi connectivity index (χ3n) is 5.68. The SMILES string of the molecule is COc1cc(C2C(C(=O)c3cccs3)=C(O)C(=O)N2CC(c2cccs2)N(C)C)ccc1O. The van der Waals surface area contributed by atoms with Crippen molar-refractivity contribution < 1.29 is 24.5 Å². The van der Waals surface area contributed by atoms with E-state index in [2.05, 4.69) is 0 Å². The Labute approximate surface area is 199 Å². The zero-order chi connectivity index (χ0) is 23.7. The van der Waals surface area contributed by atoms with E-state index in [4.69, 9.17) is 4.74 Å². The van der Waals surface area contributed by atoms with Gasteiger partial charge in [-0.1, -0.05) is 18.2 Å². The molecule has 4 rings (SSSR count). The summed E-state index contributed by atoms with van der Waals surface area (Å²) >= 11 is 2.83. The molecule has 2 unspecified atom stereocenters. The molecule has 9 heteroatoms. The highest BCUT2D eigenvalue weighted by Crippen LogP contribution is 2.43. The van der Waals surface area contributed by atoms with E-state index in [1.165, 1.54) is 29.4 Å². The van der Waals surface area contributed by atoms with Crippen molar-refractivity contribution in [1.82, 2.24) is 9.80 Å². The van der Waals surface area contributed by atoms with Gasteiger partial charge in [0.1, 0.15) is 0 Å². The van der Waals surface area contributed by atoms with Gasteiger partial charge in [0.25, 0.3) is 5.91 Å². The van der Waals surface area contributed by atoms with Gasteiger partial charge < -0.3 is 24.7 Å². The number of likely N-dealkylation sites (N-methyl/N-ethyl adjacent to an activating group) is 1. The topological polar surface area (TPSA) is 90.3 Å². The molecule has 0 bridgehead atoms. The summed E-state index contributed by atoms with van der Waals surface area (Å²) in [7, 11) is 5.28. The first kappa shape index (κ1) is 23.0. The Morgan fingerprint density at radius 3 is 2.48 bits per heavy atom. The zero-order valence-electron chi connectivity index (χ0n) is 18.4. The number of rotatable bonds is 8. The molecule has 0 aliphatic carbocycles. The normalized spacial score (nSPS) is 17.2. The molecule has 1 aromatic carbocycles. The van der Waals surface area contributed by atoms with Crippen LogP contribution in [-0.2, 0) is 4.79 Å². The van der Waals surface area contributed by atoms with Crippen LogP contribution < -0.4 is 4.74 Å². The molecule has 3 heterocycles. The highest BCUT2D eigenvalue weighted by Gasteiger charge is 2.45. The van der Waals surface area contributed by atoms with Crippen LogP contribution in [0.5, 0.6) is 11.5 Å². The van der Waals surface area contributed by atoms with E-state index < -0.39 is 23.5 Å². The minimum atomic E-state index is -0.830. The number of thiophene rings is 2. The van der Waals surface area contributed by atoms with Crippen LogP contribution in [0.15, 0.2) is 64.6 Å². The molecule has 3 aromatic rings. The maximum Gasteiger partial charge on any atom is 0.290 e. The van der Waals surface area contributed by atoms with E-state index in [0.717, 1.165) is 4.88 Å². The van der Waals surface area contributed by atoms with Crippen LogP contribution in [0.3, 0.4) is 0 Å². The molecule has 1 amide bonds. The summed E-state index contributed by atoms with van der Waals surface area (Å²) in [5, 5.41) is 24.7. The lowest BCUT2D eigenvalue weighted by molar-refractivity contribution is -0.130. The first-order chi connectivity index (χ1) is 15.8. The van der Waals surface area contributed by atoms with Gasteiger partial charge in [0.15, 0.2) is 17.3 Å². The number of aliphatic hydroxyl groups is 1. The molecular weight excluding hydrogens is 460 g/mol. The Balaban J connectivity index is 1.82. The highest BCUT2D eigenvalue weighted by molar-refractivity contribution is 7.12. The Bertz CT molecular complexity index is 1190. The minimum absolute atomic E-state index is 0.0267. The van der Waals surface area contributed by atoms with E-state index in [9.17, 15) is 19.8 Å². The maximum absolute atomic E-state index is 13.4. The van der Waals surface area contributed by atoms with E-state index in [-0.39, 0.29) is 29.7 Å². The number of hydrogen-bond donors (Lipinski definition) is 2. The molecule has 2 N–H and O–H groups in total. The van der Waals surface area contributed by atoms with Crippen molar-refractivity contribution in [2.24, 2.45) is 0 Å². The first-order valence-electron chi connectivity index (χ1n) is 10.2. The predicted molar refractivity (Wildman–Crippen MR) is 128 cm³/mol. The van der Waals surface area contributed by atoms with Crippen molar-refractivity contribution >= 4 is 34.4 Å². The van der Waals surface area contributed by atoms with Crippen molar-refractivity contribution in [1.29, 1.82) is 0 Å². The van der Waals surface area contributed by atoms with E-state index in [1.54, 1.807) is 41.0 Å². The molecule has 0 saturated carbocycles. The van der Waals surface area contributed by atoms with Gasteiger partial charge >= 0.3 is 0 Å². The lowest BCUT2D eigenvalue weighted by atomic mass is 9.94. The number of phenols is 1. The quantitative estimate of drug-likeness (QED) is 0.461. The highest BCUT2D eigenvalue weighted by atomic mass is 32.1. The number of amides is 1. The van der Waals surface area contributed by atoms with Gasteiger partial charge in [-0.05, 0) is 54.7 Å². The summed E-state index contributed by atoms with van der Waals surface area (Å²) in [6.07, 6.45) is 0. The van der Waals surface area contributed by atoms with Gasteiger partial charge in [0.2, 0.25) is 5.78 Å². The Hall–Kier alpha value is -3.14. The molecule has 172 valence electrons. The maximum atomic E-state index is 13.4. The molecule has 0 fully saturated rings. The minimum Gasteiger partial charge on any atom is -0.504 e. The number of ether oxygens (including phenoxy) is 1. The molecule has 0 saturated heterocycles. The van der Waals surface area contributed by atoms with E-state index in [1.807, 2.05) is 36.5 Å². The molecule has 1 aliphatic rings. The van der Waals surface area contributed by atoms with Crippen LogP contribution in [-0.4, -0.2) is 59.5 Å². The number of phenolic OH excluding ortho intramolecular Hbond substituents is 1. The van der Waals surface area contributed by atoms with E-state index >= 15 is 0 Å². The van der Waals surface area contributed by atoms with Crippen LogP contribution in [0.2, 0.25) is 0 Å². The average molecular weight is 485 g/mol. The standard InChI is InChI=1S/C24H24N2O5S2/c1-25(2)15(18-6-4-10-32-18)13-26-21(14-8-9-16(27)17(12-14)31-3)20(23(29)24(26)30)22(28)19-7-5-11-33-19/h4-12,15,21,27,29H,13H2,1-3H3. The Morgan fingerprint density at radius 2 is 1.88 bits per heavy atom. The van der Waals surface area contributed by atoms with Crippen molar-refractivity contribution in [3.05, 3.63) is 79.9 Å². The number of carbonyl (C=O) groups excluding carboxylic acids is 2. The number of aliphatic hydroxyl groups excluding tert-OH is 1. The van der Waals surface area contributed by atoms with Gasteiger partial charge in [0.05, 0.1) is 29.6 Å². The average Bonchev–Trinajstić information content (AvgIpc) is 3.55. The van der Waals surface area contributed by atoms with Crippen LogP contribution >= 0.6 is 22.7 Å². The van der Waals surface area contributed by atoms with Gasteiger partial charge in [-0.2, -0.15) is 0 Å². The molecule has 33 heavy (non-hydrogen) atoms. The number of Topliss-reactive ketones (excluding diaryl/α,β-unsaturated/α-hetero) is 1. The number of ketones is 1. The molecule has 2 aromatic heterocycles. The van der Waals surface area contributed by atoms with Gasteiger partial charge in [0, 0.05) is 11.4 Å². The second kappa shape index (κ2) is 9.38. The second-order valence-corrected chi connectivity index (χ2v) is 9.78. The van der Waals surface area contributed by atoms with Crippen LogP contribution in [0.1, 0.15) is 32.2 Å². The van der Waals surface area contributed by atoms with Crippen molar-refractivity contribution in [2.45, 2.75) is 12.1 Å². The molecule has 0 radical (unpaired) electrons. The largest absolute Gasteiger partial charge is 0.504 e. The first-order valence-corrected chi connectivity index (χ1v) is 12.0. The predicted octanol–water partition coefficient (Wildman–Crippen LogP) is 4.41. The second-order valence-electron chi connectivity index (χ2n) is 7.85. The van der Waals surface area contributed by atoms with Gasteiger partial charge in [-0.3, -0.25) is 9.59 Å². The van der Waals surface area contributed by atoms with Crippen molar-refractivity contribution in [3.8, 4) is 11.5 Å². The van der Waals surface area contributed by atoms with Gasteiger partial charge in [-0.15, -0.1) is 22.7 Å². The summed E-state index contributed by atoms with van der Waals surface area (Å²) in [6, 6.07) is 11.1. The summed E-state index contributed by atoms with van der Waals surface area (Å²) in [5.41, 5.74) is 0.588. The third-order valence-corrected chi connectivity index (χ3v) is 7.52. The molecule has 7 nitrogen and oxygen atoms in total. The number of aromatic hydroxyl groups is 1. The smallest absolute Gasteiger partial charge is 0.290 e. The number of hydrogen-bond acceptors (Lipinski definition) is 8. The summed E-state index contributed by atoms with van der Waals surface area (Å²) < 4.78 is 5.26. The van der Waals surface area contributed by atoms with Crippen LogP contribution in [0.4, 0.5) is 0 Å². The molecule has 2 atom stereocenters. The van der Waals surface area contributed by atoms with Gasteiger partial charge in [-0.25, -0.2) is 0 Å². The fourth-order valence-electron chi connectivity index (χ4n) is 4.00. The van der Waals surface area contributed by atoms with Crippen molar-refractivity contribution in [2.75, 3.05) is 27.7 Å². The number of benzene rings is 1. The number of nitrogens with zero attached hydrogens (tertiary/aromatic N) is 2. The third kappa shape index (κ3) is 4.27. The fraction of sp³-hybridized carbons (Fsp3) is 0.250. The molecular formula is C24H24N2O5S2. The summed E-state index contributed by atoms with van der Waals surface area (Å²) in [5.74, 6) is -1.38. The number of carbonyl (C=O) groups is 2. The van der Waals surface area contributed by atoms with Crippen LogP contribution in [0.25, 0.3) is 0 Å². The van der Waals surface area contributed by atoms with Crippen molar-refractivity contribution in [3.63, 3.8) is 0 Å². The molecule has 1 aliphatic heterocycles. The van der Waals surface area contributed by atoms with Crippen LogP contribution in [0, 0.1) is 0 Å².